The molecule has 0 atom stereocenters. The van der Waals surface area contributed by atoms with Gasteiger partial charge in [0.15, 0.2) is 5.82 Å². The summed E-state index contributed by atoms with van der Waals surface area (Å²) in [5.74, 6) is 0.786. The topological polar surface area (TPSA) is 67.7 Å². The summed E-state index contributed by atoms with van der Waals surface area (Å²) in [4.78, 5) is 0. The maximum Gasteiger partial charge on any atom is 0.181 e. The van der Waals surface area contributed by atoms with E-state index >= 15 is 0 Å². The van der Waals surface area contributed by atoms with Crippen molar-refractivity contribution in [3.05, 3.63) is 24.3 Å². The largest absolute Gasteiger partial charge is 0.382 e. The lowest BCUT2D eigenvalue weighted by atomic mass is 10.1. The maximum absolute atomic E-state index is 4.04. The van der Waals surface area contributed by atoms with E-state index in [9.17, 15) is 0 Å². The molecule has 1 aliphatic rings. The van der Waals surface area contributed by atoms with Gasteiger partial charge in [-0.15, -0.1) is 5.10 Å². The van der Waals surface area contributed by atoms with E-state index in [-0.39, 0.29) is 0 Å². The first-order valence-corrected chi connectivity index (χ1v) is 6.63. The van der Waals surface area contributed by atoms with E-state index in [0.717, 1.165) is 43.0 Å². The minimum Gasteiger partial charge on any atom is -0.382 e. The summed E-state index contributed by atoms with van der Waals surface area (Å²) >= 11 is 0. The highest BCUT2D eigenvalue weighted by Crippen LogP contribution is 2.21. The molecule has 1 aliphatic heterocycles. The van der Waals surface area contributed by atoms with Crippen LogP contribution in [0, 0.1) is 0 Å². The van der Waals surface area contributed by atoms with Gasteiger partial charge in [0.05, 0.1) is 0 Å². The van der Waals surface area contributed by atoms with Crippen molar-refractivity contribution in [2.75, 3.05) is 18.4 Å². The van der Waals surface area contributed by atoms with Gasteiger partial charge in [0.25, 0.3) is 0 Å². The number of aryl methyl sites for hydroxylation is 1. The van der Waals surface area contributed by atoms with Gasteiger partial charge in [-0.1, -0.05) is 12.1 Å². The average molecular weight is 258 g/mol. The SMILES string of the molecule is Cn1nnnc1-c1cccc(NC2CCNCC2)c1. The molecule has 6 nitrogen and oxygen atoms in total. The normalized spacial score (nSPS) is 16.5. The zero-order chi connectivity index (χ0) is 13.1. The second-order valence-electron chi connectivity index (χ2n) is 4.88. The summed E-state index contributed by atoms with van der Waals surface area (Å²) in [6, 6.07) is 8.81. The van der Waals surface area contributed by atoms with E-state index in [1.165, 1.54) is 0 Å². The van der Waals surface area contributed by atoms with Crippen molar-refractivity contribution >= 4 is 5.69 Å². The van der Waals surface area contributed by atoms with Crippen molar-refractivity contribution in [3.63, 3.8) is 0 Å². The lowest BCUT2D eigenvalue weighted by Gasteiger charge is -2.24. The number of nitrogens with zero attached hydrogens (tertiary/aromatic N) is 4. The number of benzene rings is 1. The highest BCUT2D eigenvalue weighted by atomic mass is 15.5. The van der Waals surface area contributed by atoms with Crippen LogP contribution >= 0.6 is 0 Å². The smallest absolute Gasteiger partial charge is 0.181 e. The molecule has 100 valence electrons. The summed E-state index contributed by atoms with van der Waals surface area (Å²) < 4.78 is 1.68. The Hall–Kier alpha value is -1.95. The van der Waals surface area contributed by atoms with Crippen molar-refractivity contribution in [1.29, 1.82) is 0 Å². The Balaban J connectivity index is 1.78. The Bertz CT molecular complexity index is 544. The van der Waals surface area contributed by atoms with Crippen molar-refractivity contribution < 1.29 is 0 Å². The molecule has 6 heteroatoms. The summed E-state index contributed by atoms with van der Waals surface area (Å²) in [6.45, 7) is 2.18. The van der Waals surface area contributed by atoms with Gasteiger partial charge < -0.3 is 10.6 Å². The summed E-state index contributed by atoms with van der Waals surface area (Å²) in [7, 11) is 1.85. The van der Waals surface area contributed by atoms with Crippen molar-refractivity contribution in [3.8, 4) is 11.4 Å². The van der Waals surface area contributed by atoms with Crippen molar-refractivity contribution in [2.24, 2.45) is 7.05 Å². The van der Waals surface area contributed by atoms with Crippen LogP contribution in [-0.4, -0.2) is 39.3 Å². The van der Waals surface area contributed by atoms with Crippen LogP contribution in [0.25, 0.3) is 11.4 Å². The van der Waals surface area contributed by atoms with Gasteiger partial charge in [-0.25, -0.2) is 4.68 Å². The fraction of sp³-hybridized carbons (Fsp3) is 0.462. The van der Waals surface area contributed by atoms with E-state index in [0.29, 0.717) is 6.04 Å². The van der Waals surface area contributed by atoms with Crippen LogP contribution in [0.3, 0.4) is 0 Å². The van der Waals surface area contributed by atoms with Crippen molar-refractivity contribution in [2.45, 2.75) is 18.9 Å². The molecule has 0 amide bonds. The molecule has 1 fully saturated rings. The molecule has 2 aromatic rings. The fourth-order valence-electron chi connectivity index (χ4n) is 2.42. The lowest BCUT2D eigenvalue weighted by Crippen LogP contribution is -2.35. The van der Waals surface area contributed by atoms with Crippen LogP contribution in [0.4, 0.5) is 5.69 Å². The number of nitrogens with one attached hydrogen (secondary N) is 2. The monoisotopic (exact) mass is 258 g/mol. The molecule has 19 heavy (non-hydrogen) atoms. The Morgan fingerprint density at radius 1 is 1.32 bits per heavy atom. The maximum atomic E-state index is 4.04. The Morgan fingerprint density at radius 3 is 2.89 bits per heavy atom. The predicted octanol–water partition coefficient (Wildman–Crippen LogP) is 1.04. The third-order valence-electron chi connectivity index (χ3n) is 3.45. The molecule has 0 spiro atoms. The Morgan fingerprint density at radius 2 is 2.16 bits per heavy atom. The zero-order valence-electron chi connectivity index (χ0n) is 11.0. The first-order chi connectivity index (χ1) is 9.33. The lowest BCUT2D eigenvalue weighted by molar-refractivity contribution is 0.479. The summed E-state index contributed by atoms with van der Waals surface area (Å²) in [6.07, 6.45) is 2.32. The number of rotatable bonds is 3. The molecule has 1 saturated heterocycles. The molecule has 0 radical (unpaired) electrons. The fourth-order valence-corrected chi connectivity index (χ4v) is 2.42. The van der Waals surface area contributed by atoms with E-state index in [4.69, 9.17) is 0 Å². The minimum absolute atomic E-state index is 0.550. The van der Waals surface area contributed by atoms with Gasteiger partial charge in [-0.3, -0.25) is 0 Å². The highest BCUT2D eigenvalue weighted by molar-refractivity contribution is 5.62. The van der Waals surface area contributed by atoms with Crippen LogP contribution in [0.1, 0.15) is 12.8 Å². The molecule has 1 aromatic carbocycles. The predicted molar refractivity (Wildman–Crippen MR) is 73.7 cm³/mol. The van der Waals surface area contributed by atoms with Gasteiger partial charge in [0.2, 0.25) is 0 Å². The van der Waals surface area contributed by atoms with E-state index in [1.54, 1.807) is 4.68 Å². The number of hydrogen-bond donors (Lipinski definition) is 2. The molecule has 0 unspecified atom stereocenters. The molecule has 0 aliphatic carbocycles. The average Bonchev–Trinajstić information content (AvgIpc) is 2.86. The van der Waals surface area contributed by atoms with Crippen LogP contribution < -0.4 is 10.6 Å². The van der Waals surface area contributed by atoms with E-state index in [2.05, 4.69) is 38.3 Å². The van der Waals surface area contributed by atoms with Crippen LogP contribution in [0.5, 0.6) is 0 Å². The molecular weight excluding hydrogens is 240 g/mol. The molecule has 2 N–H and O–H groups in total. The number of tetrazole rings is 1. The molecule has 1 aromatic heterocycles. The van der Waals surface area contributed by atoms with Gasteiger partial charge in [0.1, 0.15) is 0 Å². The van der Waals surface area contributed by atoms with Gasteiger partial charge in [-0.2, -0.15) is 0 Å². The third-order valence-corrected chi connectivity index (χ3v) is 3.45. The summed E-state index contributed by atoms with van der Waals surface area (Å²) in [5, 5.41) is 18.5. The first-order valence-electron chi connectivity index (χ1n) is 6.63. The summed E-state index contributed by atoms with van der Waals surface area (Å²) in [5.41, 5.74) is 2.17. The molecule has 2 heterocycles. The van der Waals surface area contributed by atoms with Crippen molar-refractivity contribution in [1.82, 2.24) is 25.5 Å². The Labute approximate surface area is 112 Å². The van der Waals surface area contributed by atoms with Crippen LogP contribution in [-0.2, 0) is 7.05 Å². The van der Waals surface area contributed by atoms with Gasteiger partial charge in [0, 0.05) is 24.3 Å². The van der Waals surface area contributed by atoms with Crippen LogP contribution in [0.2, 0.25) is 0 Å². The highest BCUT2D eigenvalue weighted by Gasteiger charge is 2.13. The third kappa shape index (κ3) is 2.73. The minimum atomic E-state index is 0.550. The molecule has 0 bridgehead atoms. The first kappa shape index (κ1) is 12.1. The molecule has 3 rings (SSSR count). The Kier molecular flexibility index (Phi) is 3.41. The van der Waals surface area contributed by atoms with Gasteiger partial charge in [-0.05, 0) is 48.5 Å². The standard InChI is InChI=1S/C13H18N6/c1-19-13(16-17-18-19)10-3-2-4-12(9-10)15-11-5-7-14-8-6-11/h2-4,9,11,14-15H,5-8H2,1H3. The number of piperidine rings is 1. The van der Waals surface area contributed by atoms with E-state index in [1.807, 2.05) is 19.2 Å². The zero-order valence-corrected chi connectivity index (χ0v) is 11.0. The second-order valence-corrected chi connectivity index (χ2v) is 4.88. The van der Waals surface area contributed by atoms with Crippen LogP contribution in [0.15, 0.2) is 24.3 Å². The van der Waals surface area contributed by atoms with E-state index < -0.39 is 0 Å². The quantitative estimate of drug-likeness (QED) is 0.861. The number of hydrogen-bond acceptors (Lipinski definition) is 5. The molecule has 0 saturated carbocycles. The van der Waals surface area contributed by atoms with Gasteiger partial charge >= 0.3 is 0 Å². The number of aromatic nitrogens is 4. The second kappa shape index (κ2) is 5.36. The number of anilines is 1. The molecular formula is C13H18N6.